The van der Waals surface area contributed by atoms with Gasteiger partial charge in [-0.2, -0.15) is 0 Å². The Morgan fingerprint density at radius 1 is 1.15 bits per heavy atom. The van der Waals surface area contributed by atoms with Gasteiger partial charge in [0.1, 0.15) is 0 Å². The van der Waals surface area contributed by atoms with E-state index in [1.807, 2.05) is 0 Å². The summed E-state index contributed by atoms with van der Waals surface area (Å²) in [6, 6.07) is 0. The van der Waals surface area contributed by atoms with Crippen LogP contribution in [0, 0.1) is 23.2 Å². The molecule has 2 unspecified atom stereocenters. The first-order chi connectivity index (χ1) is 6.04. The Bertz CT molecular complexity index is 149. The van der Waals surface area contributed by atoms with Gasteiger partial charge in [-0.15, -0.1) is 0 Å². The largest absolute Gasteiger partial charge is 0.0648 e. The van der Waals surface area contributed by atoms with Crippen LogP contribution in [0.1, 0.15) is 60.3 Å². The van der Waals surface area contributed by atoms with E-state index in [1.165, 1.54) is 25.7 Å². The van der Waals surface area contributed by atoms with E-state index in [-0.39, 0.29) is 0 Å². The molecule has 1 saturated carbocycles. The van der Waals surface area contributed by atoms with Crippen molar-refractivity contribution in [2.24, 2.45) is 23.2 Å². The van der Waals surface area contributed by atoms with Gasteiger partial charge in [0.25, 0.3) is 0 Å². The molecule has 0 amide bonds. The second-order valence-corrected chi connectivity index (χ2v) is 5.45. The molecule has 0 nitrogen and oxygen atoms in total. The molecular weight excluding hydrogens is 156 g/mol. The molecule has 78 valence electrons. The maximum atomic E-state index is 2.43. The van der Waals surface area contributed by atoms with Crippen LogP contribution in [0.2, 0.25) is 0 Å². The van der Waals surface area contributed by atoms with Gasteiger partial charge in [0.15, 0.2) is 0 Å². The number of hydrogen-bond donors (Lipinski definition) is 0. The Morgan fingerprint density at radius 3 is 2.00 bits per heavy atom. The summed E-state index contributed by atoms with van der Waals surface area (Å²) in [6.45, 7) is 11.9. The van der Waals surface area contributed by atoms with Crippen molar-refractivity contribution in [2.45, 2.75) is 60.3 Å². The van der Waals surface area contributed by atoms with Crippen molar-refractivity contribution in [2.75, 3.05) is 0 Å². The fraction of sp³-hybridized carbons (Fsp3) is 1.00. The quantitative estimate of drug-likeness (QED) is 0.587. The molecule has 0 aromatic rings. The summed E-state index contributed by atoms with van der Waals surface area (Å²) in [5.74, 6) is 2.87. The lowest BCUT2D eigenvalue weighted by Gasteiger charge is -2.15. The molecule has 0 N–H and O–H groups in total. The SMILES string of the molecule is CCC1(CCCC(C)C)C(C)C1C. The molecule has 1 aliphatic carbocycles. The summed E-state index contributed by atoms with van der Waals surface area (Å²) in [6.07, 6.45) is 5.73. The topological polar surface area (TPSA) is 0 Å². The Labute approximate surface area is 84.1 Å². The highest BCUT2D eigenvalue weighted by Gasteiger charge is 2.56. The predicted molar refractivity (Wildman–Crippen MR) is 59.7 cm³/mol. The van der Waals surface area contributed by atoms with Crippen LogP contribution in [0.15, 0.2) is 0 Å². The lowest BCUT2D eigenvalue weighted by atomic mass is 9.90. The molecule has 0 aromatic carbocycles. The van der Waals surface area contributed by atoms with Crippen molar-refractivity contribution in [3.8, 4) is 0 Å². The van der Waals surface area contributed by atoms with E-state index in [2.05, 4.69) is 34.6 Å². The van der Waals surface area contributed by atoms with E-state index in [4.69, 9.17) is 0 Å². The van der Waals surface area contributed by atoms with Gasteiger partial charge in [-0.3, -0.25) is 0 Å². The Kier molecular flexibility index (Phi) is 3.43. The van der Waals surface area contributed by atoms with Gasteiger partial charge in [-0.05, 0) is 36.0 Å². The van der Waals surface area contributed by atoms with Crippen LogP contribution in [0.3, 0.4) is 0 Å². The molecule has 0 radical (unpaired) electrons. The van der Waals surface area contributed by atoms with E-state index in [9.17, 15) is 0 Å². The first-order valence-electron chi connectivity index (χ1n) is 6.04. The van der Waals surface area contributed by atoms with E-state index >= 15 is 0 Å². The van der Waals surface area contributed by atoms with Crippen molar-refractivity contribution in [3.05, 3.63) is 0 Å². The van der Waals surface area contributed by atoms with E-state index in [0.29, 0.717) is 0 Å². The van der Waals surface area contributed by atoms with Crippen LogP contribution in [-0.2, 0) is 0 Å². The highest BCUT2D eigenvalue weighted by molar-refractivity contribution is 5.04. The van der Waals surface area contributed by atoms with Gasteiger partial charge in [-0.25, -0.2) is 0 Å². The number of hydrogen-bond acceptors (Lipinski definition) is 0. The first kappa shape index (κ1) is 11.1. The van der Waals surface area contributed by atoms with Crippen molar-refractivity contribution in [3.63, 3.8) is 0 Å². The molecule has 0 bridgehead atoms. The van der Waals surface area contributed by atoms with Crippen LogP contribution < -0.4 is 0 Å². The van der Waals surface area contributed by atoms with Gasteiger partial charge in [0.2, 0.25) is 0 Å². The average molecular weight is 182 g/mol. The molecule has 0 spiro atoms. The first-order valence-corrected chi connectivity index (χ1v) is 6.04. The molecule has 1 fully saturated rings. The monoisotopic (exact) mass is 182 g/mol. The second kappa shape index (κ2) is 4.02. The fourth-order valence-corrected chi connectivity index (χ4v) is 3.06. The van der Waals surface area contributed by atoms with Crippen LogP contribution >= 0.6 is 0 Å². The second-order valence-electron chi connectivity index (χ2n) is 5.45. The van der Waals surface area contributed by atoms with Gasteiger partial charge in [0, 0.05) is 0 Å². The average Bonchev–Trinajstić information content (AvgIpc) is 2.57. The number of rotatable bonds is 5. The highest BCUT2D eigenvalue weighted by Crippen LogP contribution is 2.63. The summed E-state index contributed by atoms with van der Waals surface area (Å²) in [4.78, 5) is 0. The zero-order valence-electron chi connectivity index (χ0n) is 10.1. The molecule has 0 saturated heterocycles. The zero-order chi connectivity index (χ0) is 10.1. The third-order valence-corrected chi connectivity index (χ3v) is 4.54. The van der Waals surface area contributed by atoms with Crippen molar-refractivity contribution < 1.29 is 0 Å². The maximum Gasteiger partial charge on any atom is -0.0243 e. The third-order valence-electron chi connectivity index (χ3n) is 4.54. The summed E-state index contributed by atoms with van der Waals surface area (Å²) < 4.78 is 0. The molecular formula is C13H26. The minimum atomic E-state index is 0.745. The molecule has 13 heavy (non-hydrogen) atoms. The molecule has 0 heterocycles. The Hall–Kier alpha value is 0. The minimum Gasteiger partial charge on any atom is -0.0648 e. The van der Waals surface area contributed by atoms with Crippen molar-refractivity contribution in [1.29, 1.82) is 0 Å². The highest BCUT2D eigenvalue weighted by atomic mass is 14.6. The molecule has 0 heteroatoms. The zero-order valence-corrected chi connectivity index (χ0v) is 10.1. The molecule has 0 aliphatic heterocycles. The van der Waals surface area contributed by atoms with Crippen LogP contribution in [0.25, 0.3) is 0 Å². The standard InChI is InChI=1S/C13H26/c1-6-13(11(4)12(13)5)9-7-8-10(2)3/h10-12H,6-9H2,1-5H3. The van der Waals surface area contributed by atoms with E-state index < -0.39 is 0 Å². The maximum absolute atomic E-state index is 2.43. The minimum absolute atomic E-state index is 0.745. The molecule has 2 atom stereocenters. The van der Waals surface area contributed by atoms with E-state index in [0.717, 1.165) is 23.2 Å². The summed E-state index contributed by atoms with van der Waals surface area (Å²) >= 11 is 0. The smallest absolute Gasteiger partial charge is 0.0243 e. The van der Waals surface area contributed by atoms with Crippen molar-refractivity contribution >= 4 is 0 Å². The predicted octanol–water partition coefficient (Wildman–Crippen LogP) is 4.49. The molecule has 1 aliphatic rings. The lowest BCUT2D eigenvalue weighted by molar-refractivity contribution is 0.360. The summed E-state index contributed by atoms with van der Waals surface area (Å²) in [5.41, 5.74) is 0.745. The van der Waals surface area contributed by atoms with Crippen molar-refractivity contribution in [1.82, 2.24) is 0 Å². The summed E-state index contributed by atoms with van der Waals surface area (Å²) in [5, 5.41) is 0. The van der Waals surface area contributed by atoms with Gasteiger partial charge < -0.3 is 0 Å². The molecule has 0 aromatic heterocycles. The molecule has 1 rings (SSSR count). The lowest BCUT2D eigenvalue weighted by Crippen LogP contribution is -2.04. The third kappa shape index (κ3) is 2.08. The van der Waals surface area contributed by atoms with Crippen LogP contribution in [0.5, 0.6) is 0 Å². The summed E-state index contributed by atoms with van der Waals surface area (Å²) in [7, 11) is 0. The van der Waals surface area contributed by atoms with Gasteiger partial charge >= 0.3 is 0 Å². The van der Waals surface area contributed by atoms with Crippen LogP contribution in [-0.4, -0.2) is 0 Å². The van der Waals surface area contributed by atoms with Gasteiger partial charge in [0.05, 0.1) is 0 Å². The Morgan fingerprint density at radius 2 is 1.69 bits per heavy atom. The normalized spacial score (nSPS) is 38.3. The van der Waals surface area contributed by atoms with E-state index in [1.54, 1.807) is 0 Å². The Balaban J connectivity index is 2.27. The fourth-order valence-electron chi connectivity index (χ4n) is 3.06. The van der Waals surface area contributed by atoms with Crippen LogP contribution in [0.4, 0.5) is 0 Å². The van der Waals surface area contributed by atoms with Gasteiger partial charge in [-0.1, -0.05) is 47.5 Å².